The summed E-state index contributed by atoms with van der Waals surface area (Å²) in [6.45, 7) is 3.00. The highest BCUT2D eigenvalue weighted by Crippen LogP contribution is 2.32. The zero-order valence-electron chi connectivity index (χ0n) is 18.1. The monoisotopic (exact) mass is 474 g/mol. The number of amides is 1. The molecule has 1 saturated heterocycles. The van der Waals surface area contributed by atoms with Crippen molar-refractivity contribution < 1.29 is 22.7 Å². The Kier molecular flexibility index (Phi) is 6.78. The average Bonchev–Trinajstić information content (AvgIpc) is 3.46. The molecule has 0 N–H and O–H groups in total. The molecule has 32 heavy (non-hydrogen) atoms. The molecule has 7 nitrogen and oxygen atoms in total. The molecule has 3 aromatic rings. The molecule has 2 aromatic carbocycles. The lowest BCUT2D eigenvalue weighted by Gasteiger charge is -2.23. The van der Waals surface area contributed by atoms with Gasteiger partial charge in [-0.15, -0.1) is 0 Å². The van der Waals surface area contributed by atoms with Crippen LogP contribution in [0.3, 0.4) is 0 Å². The first-order valence-electron chi connectivity index (χ1n) is 10.6. The van der Waals surface area contributed by atoms with Crippen LogP contribution in [0.25, 0.3) is 10.2 Å². The highest BCUT2D eigenvalue weighted by Gasteiger charge is 2.30. The molecule has 2 heterocycles. The number of hydrogen-bond donors (Lipinski definition) is 0. The number of benzene rings is 2. The lowest BCUT2D eigenvalue weighted by atomic mass is 10.1. The van der Waals surface area contributed by atoms with E-state index in [9.17, 15) is 13.2 Å². The lowest BCUT2D eigenvalue weighted by Crippen LogP contribution is -2.40. The highest BCUT2D eigenvalue weighted by atomic mass is 32.2. The molecule has 170 valence electrons. The lowest BCUT2D eigenvalue weighted by molar-refractivity contribution is -0.116. The van der Waals surface area contributed by atoms with Gasteiger partial charge in [-0.05, 0) is 55.2 Å². The third-order valence-electron chi connectivity index (χ3n) is 5.55. The van der Waals surface area contributed by atoms with E-state index in [0.29, 0.717) is 17.5 Å². The molecule has 1 atom stereocenters. The number of methoxy groups -OCH3 is 1. The Morgan fingerprint density at radius 2 is 2.03 bits per heavy atom. The summed E-state index contributed by atoms with van der Waals surface area (Å²) in [7, 11) is -2.31. The first-order valence-corrected chi connectivity index (χ1v) is 13.1. The summed E-state index contributed by atoms with van der Waals surface area (Å²) in [5.41, 5.74) is 1.96. The van der Waals surface area contributed by atoms with Gasteiger partial charge >= 0.3 is 0 Å². The summed E-state index contributed by atoms with van der Waals surface area (Å²) in [5.74, 6) is -0.590. The molecule has 9 heteroatoms. The van der Waals surface area contributed by atoms with Gasteiger partial charge in [-0.25, -0.2) is 13.4 Å². The second-order valence-electron chi connectivity index (χ2n) is 7.69. The average molecular weight is 475 g/mol. The maximum Gasteiger partial charge on any atom is 0.244 e. The van der Waals surface area contributed by atoms with Crippen LogP contribution >= 0.6 is 11.3 Å². The van der Waals surface area contributed by atoms with Crippen LogP contribution in [0.2, 0.25) is 0 Å². The Morgan fingerprint density at radius 3 is 2.69 bits per heavy atom. The summed E-state index contributed by atoms with van der Waals surface area (Å²) >= 11 is 1.40. The van der Waals surface area contributed by atoms with E-state index < -0.39 is 21.5 Å². The molecule has 0 radical (unpaired) electrons. The third kappa shape index (κ3) is 4.79. The zero-order chi connectivity index (χ0) is 22.7. The van der Waals surface area contributed by atoms with Gasteiger partial charge in [0.25, 0.3) is 0 Å². The molecular weight excluding hydrogens is 448 g/mol. The minimum Gasteiger partial charge on any atom is -0.497 e. The van der Waals surface area contributed by atoms with Crippen molar-refractivity contribution in [2.24, 2.45) is 0 Å². The predicted octanol–water partition coefficient (Wildman–Crippen LogP) is 3.85. The number of fused-ring (bicyclic) bond motifs is 1. The Hall–Kier alpha value is -2.49. The molecule has 0 bridgehead atoms. The number of carbonyl (C=O) groups excluding carboxylic acids is 1. The first kappa shape index (κ1) is 22.7. The number of thiazole rings is 1. The van der Waals surface area contributed by atoms with Crippen molar-refractivity contribution in [2.45, 2.75) is 37.2 Å². The maximum absolute atomic E-state index is 13.3. The van der Waals surface area contributed by atoms with E-state index in [2.05, 4.69) is 6.92 Å². The fraction of sp³-hybridized carbons (Fsp3) is 0.391. The number of nitrogens with zero attached hydrogens (tertiary/aromatic N) is 2. The topological polar surface area (TPSA) is 85.8 Å². The molecule has 1 unspecified atom stereocenters. The smallest absolute Gasteiger partial charge is 0.244 e. The van der Waals surface area contributed by atoms with Crippen molar-refractivity contribution in [2.75, 3.05) is 30.9 Å². The normalized spacial score (nSPS) is 16.4. The van der Waals surface area contributed by atoms with Crippen LogP contribution in [0.1, 0.15) is 25.3 Å². The minimum absolute atomic E-state index is 0.0845. The van der Waals surface area contributed by atoms with Crippen LogP contribution in [0, 0.1) is 0 Å². The molecule has 1 aromatic heterocycles. The van der Waals surface area contributed by atoms with E-state index in [-0.39, 0.29) is 17.5 Å². The van der Waals surface area contributed by atoms with E-state index in [1.54, 1.807) is 12.1 Å². The molecule has 0 saturated carbocycles. The van der Waals surface area contributed by atoms with Gasteiger partial charge in [-0.2, -0.15) is 0 Å². The summed E-state index contributed by atoms with van der Waals surface area (Å²) < 4.78 is 37.7. The van der Waals surface area contributed by atoms with E-state index in [1.165, 1.54) is 35.5 Å². The maximum atomic E-state index is 13.3. The third-order valence-corrected chi connectivity index (χ3v) is 8.21. The first-order chi connectivity index (χ1) is 15.4. The van der Waals surface area contributed by atoms with Gasteiger partial charge in [-0.1, -0.05) is 30.4 Å². The summed E-state index contributed by atoms with van der Waals surface area (Å²) in [5, 5.41) is 0.506. The van der Waals surface area contributed by atoms with Crippen molar-refractivity contribution in [3.63, 3.8) is 0 Å². The Labute approximate surface area is 191 Å². The van der Waals surface area contributed by atoms with E-state index in [0.717, 1.165) is 35.0 Å². The van der Waals surface area contributed by atoms with Crippen LogP contribution < -0.4 is 9.64 Å². The van der Waals surface area contributed by atoms with Gasteiger partial charge in [0.1, 0.15) is 11.5 Å². The zero-order valence-corrected chi connectivity index (χ0v) is 19.7. The van der Waals surface area contributed by atoms with Gasteiger partial charge in [0.05, 0.1) is 34.9 Å². The minimum atomic E-state index is -3.82. The van der Waals surface area contributed by atoms with Crippen molar-refractivity contribution in [1.82, 2.24) is 4.98 Å². The van der Waals surface area contributed by atoms with Crippen LogP contribution in [0.4, 0.5) is 5.13 Å². The molecule has 0 spiro atoms. The number of ether oxygens (including phenoxy) is 2. The van der Waals surface area contributed by atoms with Crippen molar-refractivity contribution in [3.8, 4) is 5.75 Å². The number of aryl methyl sites for hydroxylation is 1. The summed E-state index contributed by atoms with van der Waals surface area (Å²) in [4.78, 5) is 19.6. The van der Waals surface area contributed by atoms with E-state index in [4.69, 9.17) is 14.5 Å². The molecule has 1 aliphatic rings. The largest absolute Gasteiger partial charge is 0.497 e. The Bertz CT molecular complexity index is 1200. The van der Waals surface area contributed by atoms with Gasteiger partial charge in [0, 0.05) is 6.61 Å². The van der Waals surface area contributed by atoms with Crippen LogP contribution in [-0.4, -0.2) is 51.4 Å². The van der Waals surface area contributed by atoms with Gasteiger partial charge in [0.15, 0.2) is 15.0 Å². The number of hydrogen-bond acceptors (Lipinski definition) is 7. The van der Waals surface area contributed by atoms with Crippen molar-refractivity contribution in [3.05, 3.63) is 48.0 Å². The molecule has 1 fully saturated rings. The summed E-state index contributed by atoms with van der Waals surface area (Å²) in [6.07, 6.45) is 2.46. The van der Waals surface area contributed by atoms with Crippen molar-refractivity contribution >= 4 is 42.4 Å². The second-order valence-corrected chi connectivity index (χ2v) is 10.7. The Balaban J connectivity index is 1.64. The van der Waals surface area contributed by atoms with E-state index >= 15 is 0 Å². The molecule has 1 amide bonds. The highest BCUT2D eigenvalue weighted by molar-refractivity contribution is 7.92. The number of sulfone groups is 1. The van der Waals surface area contributed by atoms with Gasteiger partial charge in [-0.3, -0.25) is 9.69 Å². The fourth-order valence-corrected chi connectivity index (χ4v) is 6.02. The van der Waals surface area contributed by atoms with Crippen molar-refractivity contribution in [1.29, 1.82) is 0 Å². The number of anilines is 1. The fourth-order valence-electron chi connectivity index (χ4n) is 3.78. The van der Waals surface area contributed by atoms with Crippen LogP contribution in [-0.2, 0) is 25.8 Å². The molecular formula is C23H26N2O5S2. The second kappa shape index (κ2) is 9.56. The number of para-hydroxylation sites is 1. The van der Waals surface area contributed by atoms with Crippen LogP contribution in [0.15, 0.2) is 47.4 Å². The van der Waals surface area contributed by atoms with Gasteiger partial charge < -0.3 is 9.47 Å². The number of carbonyl (C=O) groups is 1. The quantitative estimate of drug-likeness (QED) is 0.493. The number of rotatable bonds is 8. The number of aromatic nitrogens is 1. The molecule has 1 aliphatic heterocycles. The predicted molar refractivity (Wildman–Crippen MR) is 125 cm³/mol. The molecule has 4 rings (SSSR count). The Morgan fingerprint density at radius 1 is 1.25 bits per heavy atom. The van der Waals surface area contributed by atoms with Gasteiger partial charge in [0.2, 0.25) is 5.91 Å². The molecule has 0 aliphatic carbocycles. The standard InChI is InChI=1S/C23H26N2O5S2/c1-3-16-6-4-8-20-22(16)24-23(31-20)25(14-18-7-5-13-30-18)21(26)15-32(27,28)19-11-9-17(29-2)10-12-19/h4,6,8-12,18H,3,5,7,13-15H2,1-2H3. The van der Waals surface area contributed by atoms with E-state index in [1.807, 2.05) is 18.2 Å². The SMILES string of the molecule is CCc1cccc2sc(N(CC3CCCO3)C(=O)CS(=O)(=O)c3ccc(OC)cc3)nc12. The summed E-state index contributed by atoms with van der Waals surface area (Å²) in [6, 6.07) is 12.0. The van der Waals surface area contributed by atoms with Crippen LogP contribution in [0.5, 0.6) is 5.75 Å².